The fourth-order valence-corrected chi connectivity index (χ4v) is 10.1. The van der Waals surface area contributed by atoms with Crippen molar-refractivity contribution in [3.63, 3.8) is 0 Å². The standard InChI is InChI=1S/C55H53NO6/c1-2-3-5-8-37-11-13-38(14-12-37)39-19-26-46(27-20-39)61-53(57)41-17-15-40(16-18-41)42-21-28-47-49(35-42)51-50(36-60-54(51)58)48-29-30-55(62-52(47)48,43-9-6-4-7-10-43)44-22-24-45(25-23-44)56-31-33-59-34-32-56/h4,6-7,9-10,15-30,35,37-38H,2-3,5,8,11-14,31-34,36H2,1H3. The molecule has 3 heterocycles. The van der Waals surface area contributed by atoms with E-state index >= 15 is 0 Å². The van der Waals surface area contributed by atoms with E-state index in [-0.39, 0.29) is 12.6 Å². The molecule has 0 radical (unpaired) electrons. The number of anilines is 1. The molecule has 1 aliphatic carbocycles. The van der Waals surface area contributed by atoms with Crippen LogP contribution in [0.5, 0.6) is 11.5 Å². The second kappa shape index (κ2) is 17.3. The molecule has 3 aliphatic heterocycles. The molecule has 6 aromatic rings. The highest BCUT2D eigenvalue weighted by molar-refractivity contribution is 6.12. The monoisotopic (exact) mass is 823 g/mol. The Morgan fingerprint density at radius 1 is 0.774 bits per heavy atom. The van der Waals surface area contributed by atoms with Crippen molar-refractivity contribution in [2.45, 2.75) is 76.4 Å². The molecule has 1 saturated heterocycles. The van der Waals surface area contributed by atoms with Gasteiger partial charge in [-0.3, -0.25) is 0 Å². The zero-order valence-electron chi connectivity index (χ0n) is 35.4. The van der Waals surface area contributed by atoms with E-state index in [1.165, 1.54) is 56.9 Å². The van der Waals surface area contributed by atoms with Crippen LogP contribution >= 0.6 is 0 Å². The normalized spacial score (nSPS) is 20.6. The molecule has 1 atom stereocenters. The van der Waals surface area contributed by atoms with Crippen LogP contribution in [0, 0.1) is 5.92 Å². The lowest BCUT2D eigenvalue weighted by Gasteiger charge is -2.37. The molecule has 1 unspecified atom stereocenters. The first-order valence-corrected chi connectivity index (χ1v) is 22.6. The molecule has 0 N–H and O–H groups in total. The maximum Gasteiger partial charge on any atom is 0.343 e. The fraction of sp³-hybridized carbons (Fsp3) is 0.309. The average molecular weight is 824 g/mol. The molecule has 62 heavy (non-hydrogen) atoms. The molecule has 4 aliphatic rings. The van der Waals surface area contributed by atoms with Crippen LogP contribution in [0.4, 0.5) is 5.69 Å². The Kier molecular flexibility index (Phi) is 11.1. The number of rotatable bonds is 11. The highest BCUT2D eigenvalue weighted by atomic mass is 16.5. The minimum atomic E-state index is -0.916. The molecule has 2 fully saturated rings. The van der Waals surface area contributed by atoms with E-state index in [1.807, 2.05) is 60.7 Å². The summed E-state index contributed by atoms with van der Waals surface area (Å²) in [5.41, 5.74) is 8.11. The van der Waals surface area contributed by atoms with Crippen LogP contribution in [0.25, 0.3) is 28.0 Å². The van der Waals surface area contributed by atoms with Crippen molar-refractivity contribution in [1.29, 1.82) is 0 Å². The minimum absolute atomic E-state index is 0.177. The Balaban J connectivity index is 0.896. The third kappa shape index (κ3) is 7.68. The van der Waals surface area contributed by atoms with Crippen LogP contribution in [-0.2, 0) is 21.7 Å². The second-order valence-corrected chi connectivity index (χ2v) is 17.4. The summed E-state index contributed by atoms with van der Waals surface area (Å²) in [6.45, 7) is 5.61. The van der Waals surface area contributed by atoms with Gasteiger partial charge < -0.3 is 23.8 Å². The Morgan fingerprint density at radius 2 is 1.50 bits per heavy atom. The molecule has 0 aromatic heterocycles. The summed E-state index contributed by atoms with van der Waals surface area (Å²) in [6.07, 6.45) is 14.7. The third-order valence-corrected chi connectivity index (χ3v) is 13.7. The predicted octanol–water partition coefficient (Wildman–Crippen LogP) is 12.4. The fourth-order valence-electron chi connectivity index (χ4n) is 10.1. The van der Waals surface area contributed by atoms with Crippen LogP contribution in [0.3, 0.4) is 0 Å². The first-order chi connectivity index (χ1) is 30.5. The molecule has 1 saturated carbocycles. The molecule has 0 amide bonds. The van der Waals surface area contributed by atoms with Gasteiger partial charge in [-0.1, -0.05) is 111 Å². The Morgan fingerprint density at radius 3 is 2.24 bits per heavy atom. The van der Waals surface area contributed by atoms with Crippen molar-refractivity contribution >= 4 is 34.5 Å². The van der Waals surface area contributed by atoms with Gasteiger partial charge >= 0.3 is 11.9 Å². The first kappa shape index (κ1) is 39.9. The molecule has 314 valence electrons. The lowest BCUT2D eigenvalue weighted by Crippen LogP contribution is -2.37. The molecule has 7 heteroatoms. The molecular formula is C55H53NO6. The molecular weight excluding hydrogens is 771 g/mol. The average Bonchev–Trinajstić information content (AvgIpc) is 3.73. The molecule has 6 aromatic carbocycles. The number of esters is 2. The highest BCUT2D eigenvalue weighted by Crippen LogP contribution is 2.49. The van der Waals surface area contributed by atoms with Crippen molar-refractivity contribution in [3.8, 4) is 22.6 Å². The Labute approximate surface area is 364 Å². The summed E-state index contributed by atoms with van der Waals surface area (Å²) in [5.74, 6) is 1.98. The van der Waals surface area contributed by atoms with Crippen molar-refractivity contribution in [1.82, 2.24) is 0 Å². The third-order valence-electron chi connectivity index (χ3n) is 13.7. The second-order valence-electron chi connectivity index (χ2n) is 17.4. The maximum atomic E-state index is 13.4. The van der Waals surface area contributed by atoms with Crippen molar-refractivity contribution in [2.24, 2.45) is 5.92 Å². The number of unbranched alkanes of at least 4 members (excludes halogenated alkanes) is 2. The predicted molar refractivity (Wildman–Crippen MR) is 245 cm³/mol. The van der Waals surface area contributed by atoms with E-state index in [0.29, 0.717) is 28.5 Å². The Hall–Kier alpha value is -6.18. The van der Waals surface area contributed by atoms with Crippen LogP contribution in [0.15, 0.2) is 127 Å². The zero-order chi connectivity index (χ0) is 42.0. The summed E-state index contributed by atoms with van der Waals surface area (Å²) in [7, 11) is 0. The van der Waals surface area contributed by atoms with Gasteiger partial charge in [-0.15, -0.1) is 0 Å². The van der Waals surface area contributed by atoms with Gasteiger partial charge in [0.2, 0.25) is 0 Å². The van der Waals surface area contributed by atoms with Gasteiger partial charge in [-0.05, 0) is 109 Å². The summed E-state index contributed by atoms with van der Waals surface area (Å²) in [5, 5.41) is 1.60. The number of hydrogen-bond donors (Lipinski definition) is 0. The van der Waals surface area contributed by atoms with E-state index in [0.717, 1.165) is 82.1 Å². The first-order valence-electron chi connectivity index (χ1n) is 22.6. The topological polar surface area (TPSA) is 74.3 Å². The van der Waals surface area contributed by atoms with Gasteiger partial charge in [-0.2, -0.15) is 0 Å². The number of nitrogens with zero attached hydrogens (tertiary/aromatic N) is 1. The molecule has 0 spiro atoms. The quantitative estimate of drug-likeness (QED) is 0.0732. The number of ether oxygens (including phenoxy) is 4. The van der Waals surface area contributed by atoms with Crippen molar-refractivity contribution in [2.75, 3.05) is 31.2 Å². The van der Waals surface area contributed by atoms with E-state index in [2.05, 4.69) is 72.5 Å². The van der Waals surface area contributed by atoms with E-state index in [1.54, 1.807) is 12.1 Å². The van der Waals surface area contributed by atoms with Gasteiger partial charge in [0.15, 0.2) is 5.60 Å². The van der Waals surface area contributed by atoms with Crippen LogP contribution < -0.4 is 14.4 Å². The number of hydrogen-bond acceptors (Lipinski definition) is 7. The van der Waals surface area contributed by atoms with E-state index in [4.69, 9.17) is 18.9 Å². The smallest absolute Gasteiger partial charge is 0.343 e. The lowest BCUT2D eigenvalue weighted by atomic mass is 9.77. The van der Waals surface area contributed by atoms with Crippen molar-refractivity contribution in [3.05, 3.63) is 166 Å². The van der Waals surface area contributed by atoms with Gasteiger partial charge in [0.05, 0.1) is 24.3 Å². The minimum Gasteiger partial charge on any atom is -0.472 e. The SMILES string of the molecule is CCCCCC1CCC(c2ccc(OC(=O)c3ccc(-c4ccc5c6c(c7c(c5c4)C(=O)OC7)C=CC(c4ccccc4)(c4ccc(N5CCOCC5)cc4)O6)cc3)cc2)CC1. The number of cyclic esters (lactones) is 1. The Bertz CT molecular complexity index is 2600. The number of carbonyl (C=O) groups is 2. The lowest BCUT2D eigenvalue weighted by molar-refractivity contribution is 0.0535. The number of morpholine rings is 1. The van der Waals surface area contributed by atoms with Crippen LogP contribution in [-0.4, -0.2) is 38.2 Å². The van der Waals surface area contributed by atoms with Gasteiger partial charge in [-0.25, -0.2) is 9.59 Å². The highest BCUT2D eigenvalue weighted by Gasteiger charge is 2.40. The number of fused-ring (bicyclic) bond motifs is 6. The molecule has 10 rings (SSSR count). The largest absolute Gasteiger partial charge is 0.472 e. The number of carbonyl (C=O) groups excluding carboxylic acids is 2. The van der Waals surface area contributed by atoms with Crippen molar-refractivity contribution < 1.29 is 28.5 Å². The molecule has 0 bridgehead atoms. The summed E-state index contributed by atoms with van der Waals surface area (Å²) < 4.78 is 24.4. The number of benzene rings is 6. The van der Waals surface area contributed by atoms with E-state index < -0.39 is 11.6 Å². The van der Waals surface area contributed by atoms with Gasteiger partial charge in [0.25, 0.3) is 0 Å². The van der Waals surface area contributed by atoms with Crippen LogP contribution in [0.1, 0.15) is 113 Å². The van der Waals surface area contributed by atoms with Gasteiger partial charge in [0, 0.05) is 51.8 Å². The van der Waals surface area contributed by atoms with Crippen LogP contribution in [0.2, 0.25) is 0 Å². The maximum absolute atomic E-state index is 13.4. The summed E-state index contributed by atoms with van der Waals surface area (Å²) in [6, 6.07) is 40.6. The van der Waals surface area contributed by atoms with Gasteiger partial charge in [0.1, 0.15) is 18.1 Å². The summed E-state index contributed by atoms with van der Waals surface area (Å²) >= 11 is 0. The summed E-state index contributed by atoms with van der Waals surface area (Å²) in [4.78, 5) is 29.1. The van der Waals surface area contributed by atoms with E-state index in [9.17, 15) is 9.59 Å². The molecule has 7 nitrogen and oxygen atoms in total. The zero-order valence-corrected chi connectivity index (χ0v) is 35.4.